The Morgan fingerprint density at radius 3 is 2.71 bits per heavy atom. The Labute approximate surface area is 165 Å². The van der Waals surface area contributed by atoms with Crippen molar-refractivity contribution in [3.63, 3.8) is 0 Å². The molecule has 6 heteroatoms. The number of fused-ring (bicyclic) bond motifs is 1. The molecule has 0 unspecified atom stereocenters. The molecule has 0 aromatic heterocycles. The normalized spacial score (nSPS) is 16.8. The molecule has 150 valence electrons. The summed E-state index contributed by atoms with van der Waals surface area (Å²) in [5.41, 5.74) is 5.35. The molecule has 1 aromatic rings. The predicted molar refractivity (Wildman–Crippen MR) is 107 cm³/mol. The monoisotopic (exact) mass is 385 g/mol. The molecule has 0 atom stereocenters. The molecular formula is C22H27NO5. The molecule has 1 aliphatic heterocycles. The molecule has 0 radical (unpaired) electrons. The minimum Gasteiger partial charge on any atom is -0.496 e. The maximum absolute atomic E-state index is 12.2. The average molecular weight is 385 g/mol. The van der Waals surface area contributed by atoms with Gasteiger partial charge in [-0.25, -0.2) is 9.59 Å². The molecule has 0 bridgehead atoms. The zero-order valence-electron chi connectivity index (χ0n) is 16.7. The van der Waals surface area contributed by atoms with E-state index in [0.717, 1.165) is 59.4 Å². The number of cyclic esters (lactones) is 1. The number of carboxylic acid groups (broad SMARTS) is 1. The summed E-state index contributed by atoms with van der Waals surface area (Å²) in [5.74, 6) is -0.416. The van der Waals surface area contributed by atoms with E-state index < -0.39 is 5.97 Å². The molecule has 1 heterocycles. The van der Waals surface area contributed by atoms with Crippen LogP contribution in [0.4, 0.5) is 5.69 Å². The zero-order valence-corrected chi connectivity index (χ0v) is 16.7. The van der Waals surface area contributed by atoms with Gasteiger partial charge in [-0.3, -0.25) is 0 Å². The van der Waals surface area contributed by atoms with E-state index in [-0.39, 0.29) is 12.6 Å². The van der Waals surface area contributed by atoms with Crippen LogP contribution in [0.5, 0.6) is 5.75 Å². The van der Waals surface area contributed by atoms with E-state index in [1.165, 1.54) is 0 Å². The van der Waals surface area contributed by atoms with E-state index >= 15 is 0 Å². The maximum Gasteiger partial charge on any atom is 0.341 e. The number of benzene rings is 1. The van der Waals surface area contributed by atoms with Crippen LogP contribution in [0.25, 0.3) is 0 Å². The minimum atomic E-state index is -0.828. The number of esters is 1. The van der Waals surface area contributed by atoms with E-state index in [1.807, 2.05) is 19.1 Å². The second kappa shape index (κ2) is 8.50. The fourth-order valence-electron chi connectivity index (χ4n) is 4.18. The molecule has 2 aliphatic rings. The fraction of sp³-hybridized carbons (Fsp3) is 0.455. The quantitative estimate of drug-likeness (QED) is 0.715. The van der Waals surface area contributed by atoms with Crippen LogP contribution in [-0.4, -0.2) is 31.2 Å². The first-order valence-electron chi connectivity index (χ1n) is 9.68. The Kier molecular flexibility index (Phi) is 6.07. The van der Waals surface area contributed by atoms with E-state index in [9.17, 15) is 14.7 Å². The summed E-state index contributed by atoms with van der Waals surface area (Å²) in [6.45, 7) is 2.19. The van der Waals surface area contributed by atoms with Crippen molar-refractivity contribution in [2.24, 2.45) is 0 Å². The summed E-state index contributed by atoms with van der Waals surface area (Å²) >= 11 is 0. The van der Waals surface area contributed by atoms with Crippen LogP contribution in [0.2, 0.25) is 0 Å². The van der Waals surface area contributed by atoms with Gasteiger partial charge in [-0.2, -0.15) is 0 Å². The third-order valence-electron chi connectivity index (χ3n) is 5.59. The fourth-order valence-corrected chi connectivity index (χ4v) is 4.18. The highest BCUT2D eigenvalue weighted by Crippen LogP contribution is 2.41. The van der Waals surface area contributed by atoms with Crippen molar-refractivity contribution in [3.05, 3.63) is 45.6 Å². The van der Waals surface area contributed by atoms with Gasteiger partial charge in [-0.15, -0.1) is 0 Å². The number of carboxylic acids is 1. The van der Waals surface area contributed by atoms with Crippen molar-refractivity contribution >= 4 is 17.6 Å². The van der Waals surface area contributed by atoms with Gasteiger partial charge < -0.3 is 19.9 Å². The number of rotatable bonds is 6. The molecular weight excluding hydrogens is 358 g/mol. The highest BCUT2D eigenvalue weighted by Gasteiger charge is 2.31. The molecule has 6 nitrogen and oxygen atoms in total. The summed E-state index contributed by atoms with van der Waals surface area (Å²) in [5, 5.41) is 12.6. The maximum atomic E-state index is 12.2. The molecule has 0 spiro atoms. The molecule has 1 aromatic carbocycles. The first kappa shape index (κ1) is 20.0. The van der Waals surface area contributed by atoms with Gasteiger partial charge in [0.15, 0.2) is 0 Å². The summed E-state index contributed by atoms with van der Waals surface area (Å²) in [7, 11) is 3.40. The van der Waals surface area contributed by atoms with E-state index in [2.05, 4.69) is 5.32 Å². The third-order valence-corrected chi connectivity index (χ3v) is 5.59. The molecule has 1 aliphatic carbocycles. The first-order valence-corrected chi connectivity index (χ1v) is 9.68. The lowest BCUT2D eigenvalue weighted by Crippen LogP contribution is -2.08. The summed E-state index contributed by atoms with van der Waals surface area (Å²) in [6.07, 6.45) is 8.79. The molecule has 2 N–H and O–H groups in total. The molecule has 3 rings (SSSR count). The topological polar surface area (TPSA) is 84.9 Å². The number of carbonyl (C=O) groups is 2. The van der Waals surface area contributed by atoms with Gasteiger partial charge in [0.1, 0.15) is 12.4 Å². The Morgan fingerprint density at radius 1 is 1.29 bits per heavy atom. The summed E-state index contributed by atoms with van der Waals surface area (Å²) in [6, 6.07) is 0. The Morgan fingerprint density at radius 2 is 2.04 bits per heavy atom. The van der Waals surface area contributed by atoms with Crippen LogP contribution in [0.3, 0.4) is 0 Å². The van der Waals surface area contributed by atoms with Crippen LogP contribution in [0.1, 0.15) is 59.2 Å². The average Bonchev–Trinajstić information content (AvgIpc) is 2.90. The summed E-state index contributed by atoms with van der Waals surface area (Å²) < 4.78 is 10.9. The van der Waals surface area contributed by atoms with Crippen molar-refractivity contribution in [3.8, 4) is 5.75 Å². The highest BCUT2D eigenvalue weighted by molar-refractivity contribution is 6.01. The highest BCUT2D eigenvalue weighted by atomic mass is 16.5. The van der Waals surface area contributed by atoms with Gasteiger partial charge in [-0.05, 0) is 50.2 Å². The molecule has 0 saturated carbocycles. The standard InChI is InChI=1S/C22H27NO5/c1-13-17-12-28-22(26)18(17)19(23-2)16(20(13)27-3)11-7-9-14-8-5-4-6-10-15(14)21(24)25/h7,9,23H,4-6,8,10-12H2,1-3H3,(H,24,25). The molecule has 0 amide bonds. The number of nitrogens with one attached hydrogen (secondary N) is 1. The van der Waals surface area contributed by atoms with Gasteiger partial charge in [0.25, 0.3) is 0 Å². The van der Waals surface area contributed by atoms with Gasteiger partial charge in [0.05, 0.1) is 18.4 Å². The van der Waals surface area contributed by atoms with Gasteiger partial charge >= 0.3 is 11.9 Å². The first-order chi connectivity index (χ1) is 13.5. The van der Waals surface area contributed by atoms with E-state index in [4.69, 9.17) is 9.47 Å². The van der Waals surface area contributed by atoms with Crippen molar-refractivity contribution in [1.82, 2.24) is 0 Å². The molecule has 28 heavy (non-hydrogen) atoms. The minimum absolute atomic E-state index is 0.260. The predicted octanol–water partition coefficient (Wildman–Crippen LogP) is 4.16. The Bertz CT molecular complexity index is 866. The van der Waals surface area contributed by atoms with Gasteiger partial charge in [0.2, 0.25) is 0 Å². The Hall–Kier alpha value is -2.76. The van der Waals surface area contributed by atoms with E-state index in [1.54, 1.807) is 14.2 Å². The van der Waals surface area contributed by atoms with Crippen molar-refractivity contribution < 1.29 is 24.2 Å². The number of anilines is 1. The Balaban J connectivity index is 1.99. The lowest BCUT2D eigenvalue weighted by molar-refractivity contribution is -0.132. The van der Waals surface area contributed by atoms with Crippen molar-refractivity contribution in [2.45, 2.75) is 52.1 Å². The van der Waals surface area contributed by atoms with Crippen LogP contribution in [0.15, 0.2) is 23.3 Å². The second-order valence-electron chi connectivity index (χ2n) is 7.17. The number of allylic oxidation sites excluding steroid dienone is 3. The van der Waals surface area contributed by atoms with Crippen LogP contribution >= 0.6 is 0 Å². The lowest BCUT2D eigenvalue weighted by Gasteiger charge is -2.18. The van der Waals surface area contributed by atoms with Crippen molar-refractivity contribution in [2.75, 3.05) is 19.5 Å². The van der Waals surface area contributed by atoms with Crippen LogP contribution in [-0.2, 0) is 22.6 Å². The molecule has 0 saturated heterocycles. The SMILES string of the molecule is CNc1c(CC=CC2=C(C(=O)O)CCCCC2)c(OC)c(C)c2c1C(=O)OC2. The zero-order chi connectivity index (χ0) is 20.3. The number of hydrogen-bond donors (Lipinski definition) is 2. The number of methoxy groups -OCH3 is 1. The largest absolute Gasteiger partial charge is 0.496 e. The van der Waals surface area contributed by atoms with Crippen LogP contribution in [0, 0.1) is 6.92 Å². The van der Waals surface area contributed by atoms with E-state index in [0.29, 0.717) is 24.0 Å². The summed E-state index contributed by atoms with van der Waals surface area (Å²) in [4.78, 5) is 23.8. The van der Waals surface area contributed by atoms with Gasteiger partial charge in [0, 0.05) is 23.7 Å². The number of carbonyl (C=O) groups excluding carboxylic acids is 1. The second-order valence-corrected chi connectivity index (χ2v) is 7.17. The number of aliphatic carboxylic acids is 1. The number of ether oxygens (including phenoxy) is 2. The third kappa shape index (κ3) is 3.63. The van der Waals surface area contributed by atoms with Crippen molar-refractivity contribution in [1.29, 1.82) is 0 Å². The van der Waals surface area contributed by atoms with Gasteiger partial charge in [-0.1, -0.05) is 18.6 Å². The lowest BCUT2D eigenvalue weighted by atomic mass is 9.93. The smallest absolute Gasteiger partial charge is 0.341 e. The van der Waals surface area contributed by atoms with Crippen LogP contribution < -0.4 is 10.1 Å². The molecule has 0 fully saturated rings. The number of hydrogen-bond acceptors (Lipinski definition) is 5.